The standard InChI is InChI=1S/C13H27NO2/c1-6-8-9-10-14(11(3)4)13(5,7-2)12(15)16/h11H,6-10H2,1-5H3,(H,15,16). The molecule has 0 saturated heterocycles. The minimum absolute atomic E-state index is 0.276. The van der Waals surface area contributed by atoms with Crippen LogP contribution in [0.15, 0.2) is 0 Å². The number of hydrogen-bond donors (Lipinski definition) is 1. The molecule has 0 aromatic heterocycles. The summed E-state index contributed by atoms with van der Waals surface area (Å²) in [5.41, 5.74) is -0.720. The number of carbonyl (C=O) groups is 1. The van der Waals surface area contributed by atoms with Crippen molar-refractivity contribution in [2.75, 3.05) is 6.54 Å². The smallest absolute Gasteiger partial charge is 0.323 e. The molecule has 1 unspecified atom stereocenters. The third-order valence-corrected chi connectivity index (χ3v) is 3.41. The Bertz CT molecular complexity index is 216. The van der Waals surface area contributed by atoms with Crippen molar-refractivity contribution in [2.24, 2.45) is 0 Å². The molecule has 0 saturated carbocycles. The number of nitrogens with zero attached hydrogens (tertiary/aromatic N) is 1. The maximum Gasteiger partial charge on any atom is 0.323 e. The van der Waals surface area contributed by atoms with Crippen molar-refractivity contribution in [1.82, 2.24) is 4.90 Å². The summed E-state index contributed by atoms with van der Waals surface area (Å²) in [6.07, 6.45) is 4.06. The van der Waals surface area contributed by atoms with E-state index in [1.54, 1.807) is 0 Å². The van der Waals surface area contributed by atoms with Crippen LogP contribution in [0.25, 0.3) is 0 Å². The van der Waals surface area contributed by atoms with Crippen molar-refractivity contribution < 1.29 is 9.90 Å². The largest absolute Gasteiger partial charge is 0.480 e. The van der Waals surface area contributed by atoms with Crippen molar-refractivity contribution >= 4 is 5.97 Å². The number of unbranched alkanes of at least 4 members (excludes halogenated alkanes) is 2. The Morgan fingerprint density at radius 1 is 1.31 bits per heavy atom. The van der Waals surface area contributed by atoms with Crippen molar-refractivity contribution in [2.45, 2.75) is 71.9 Å². The average Bonchev–Trinajstić information content (AvgIpc) is 2.22. The second kappa shape index (κ2) is 6.89. The van der Waals surface area contributed by atoms with Gasteiger partial charge in [0.25, 0.3) is 0 Å². The SMILES string of the molecule is CCCCCN(C(C)C)C(C)(CC)C(=O)O. The summed E-state index contributed by atoms with van der Waals surface area (Å²) in [6.45, 7) is 11.0. The summed E-state index contributed by atoms with van der Waals surface area (Å²) in [7, 11) is 0. The molecule has 0 aliphatic heterocycles. The van der Waals surface area contributed by atoms with E-state index in [9.17, 15) is 9.90 Å². The van der Waals surface area contributed by atoms with Crippen LogP contribution in [0.5, 0.6) is 0 Å². The molecule has 0 heterocycles. The molecule has 0 aromatic rings. The van der Waals surface area contributed by atoms with Crippen molar-refractivity contribution in [3.63, 3.8) is 0 Å². The first-order valence-electron chi connectivity index (χ1n) is 6.40. The van der Waals surface area contributed by atoms with Gasteiger partial charge in [-0.25, -0.2) is 0 Å². The van der Waals surface area contributed by atoms with Crippen LogP contribution in [0, 0.1) is 0 Å². The Morgan fingerprint density at radius 2 is 1.88 bits per heavy atom. The van der Waals surface area contributed by atoms with Crippen LogP contribution >= 0.6 is 0 Å². The van der Waals surface area contributed by atoms with Crippen LogP contribution in [-0.4, -0.2) is 34.1 Å². The fraction of sp³-hybridized carbons (Fsp3) is 0.923. The van der Waals surface area contributed by atoms with E-state index in [0.717, 1.165) is 13.0 Å². The molecule has 3 nitrogen and oxygen atoms in total. The summed E-state index contributed by atoms with van der Waals surface area (Å²) in [6, 6.07) is 0.276. The highest BCUT2D eigenvalue weighted by Crippen LogP contribution is 2.23. The molecule has 0 rings (SSSR count). The number of rotatable bonds is 8. The highest BCUT2D eigenvalue weighted by molar-refractivity contribution is 5.78. The molecule has 0 bridgehead atoms. The highest BCUT2D eigenvalue weighted by Gasteiger charge is 2.38. The zero-order valence-corrected chi connectivity index (χ0v) is 11.4. The molecule has 0 radical (unpaired) electrons. The zero-order chi connectivity index (χ0) is 12.8. The fourth-order valence-electron chi connectivity index (χ4n) is 2.08. The fourth-order valence-corrected chi connectivity index (χ4v) is 2.08. The minimum atomic E-state index is -0.720. The van der Waals surface area contributed by atoms with E-state index in [0.29, 0.717) is 6.42 Å². The lowest BCUT2D eigenvalue weighted by molar-refractivity contribution is -0.152. The molecule has 1 atom stereocenters. The summed E-state index contributed by atoms with van der Waals surface area (Å²) in [5.74, 6) is -0.708. The Labute approximate surface area is 99.8 Å². The Hall–Kier alpha value is -0.570. The molecule has 0 aliphatic rings. The van der Waals surface area contributed by atoms with Gasteiger partial charge in [-0.15, -0.1) is 0 Å². The summed E-state index contributed by atoms with van der Waals surface area (Å²) >= 11 is 0. The first-order valence-corrected chi connectivity index (χ1v) is 6.40. The minimum Gasteiger partial charge on any atom is -0.480 e. The third kappa shape index (κ3) is 3.78. The van der Waals surface area contributed by atoms with E-state index < -0.39 is 11.5 Å². The average molecular weight is 229 g/mol. The molecule has 0 fully saturated rings. The van der Waals surface area contributed by atoms with Crippen LogP contribution in [0.3, 0.4) is 0 Å². The van der Waals surface area contributed by atoms with Gasteiger partial charge < -0.3 is 5.11 Å². The van der Waals surface area contributed by atoms with E-state index in [-0.39, 0.29) is 6.04 Å². The van der Waals surface area contributed by atoms with Gasteiger partial charge in [-0.2, -0.15) is 0 Å². The van der Waals surface area contributed by atoms with Gasteiger partial charge in [0.1, 0.15) is 5.54 Å². The monoisotopic (exact) mass is 229 g/mol. The van der Waals surface area contributed by atoms with Gasteiger partial charge in [0, 0.05) is 6.04 Å². The molecule has 0 aromatic carbocycles. The normalized spacial score (nSPS) is 15.4. The Balaban J connectivity index is 4.67. The summed E-state index contributed by atoms with van der Waals surface area (Å²) in [4.78, 5) is 13.5. The van der Waals surface area contributed by atoms with Crippen molar-refractivity contribution in [3.05, 3.63) is 0 Å². The second-order valence-corrected chi connectivity index (χ2v) is 4.93. The summed E-state index contributed by atoms with van der Waals surface area (Å²) in [5, 5.41) is 9.37. The summed E-state index contributed by atoms with van der Waals surface area (Å²) < 4.78 is 0. The molecule has 0 spiro atoms. The predicted molar refractivity (Wildman–Crippen MR) is 67.7 cm³/mol. The second-order valence-electron chi connectivity index (χ2n) is 4.93. The van der Waals surface area contributed by atoms with E-state index in [4.69, 9.17) is 0 Å². The van der Waals surface area contributed by atoms with Crippen molar-refractivity contribution in [1.29, 1.82) is 0 Å². The van der Waals surface area contributed by atoms with Gasteiger partial charge in [0.15, 0.2) is 0 Å². The molecular formula is C13H27NO2. The Morgan fingerprint density at radius 3 is 2.19 bits per heavy atom. The molecule has 0 amide bonds. The molecular weight excluding hydrogens is 202 g/mol. The van der Waals surface area contributed by atoms with Crippen LogP contribution in [0.1, 0.15) is 60.3 Å². The first-order chi connectivity index (χ1) is 7.40. The topological polar surface area (TPSA) is 40.5 Å². The lowest BCUT2D eigenvalue weighted by atomic mass is 9.94. The Kier molecular flexibility index (Phi) is 6.65. The maximum absolute atomic E-state index is 11.4. The quantitative estimate of drug-likeness (QED) is 0.650. The van der Waals surface area contributed by atoms with Gasteiger partial charge in [-0.3, -0.25) is 9.69 Å². The lowest BCUT2D eigenvalue weighted by Gasteiger charge is -2.40. The molecule has 16 heavy (non-hydrogen) atoms. The first kappa shape index (κ1) is 15.4. The van der Waals surface area contributed by atoms with E-state index >= 15 is 0 Å². The molecule has 3 heteroatoms. The van der Waals surface area contributed by atoms with Gasteiger partial charge in [0.2, 0.25) is 0 Å². The van der Waals surface area contributed by atoms with Crippen LogP contribution in [0.2, 0.25) is 0 Å². The van der Waals surface area contributed by atoms with Gasteiger partial charge >= 0.3 is 5.97 Å². The lowest BCUT2D eigenvalue weighted by Crippen LogP contribution is -2.55. The number of hydrogen-bond acceptors (Lipinski definition) is 2. The maximum atomic E-state index is 11.4. The zero-order valence-electron chi connectivity index (χ0n) is 11.4. The van der Waals surface area contributed by atoms with E-state index in [1.807, 2.05) is 13.8 Å². The molecule has 1 N–H and O–H groups in total. The van der Waals surface area contributed by atoms with E-state index in [1.165, 1.54) is 12.8 Å². The van der Waals surface area contributed by atoms with Crippen LogP contribution in [0.4, 0.5) is 0 Å². The molecule has 96 valence electrons. The number of carboxylic acid groups (broad SMARTS) is 1. The highest BCUT2D eigenvalue weighted by atomic mass is 16.4. The van der Waals surface area contributed by atoms with Crippen LogP contribution < -0.4 is 0 Å². The number of carboxylic acids is 1. The third-order valence-electron chi connectivity index (χ3n) is 3.41. The van der Waals surface area contributed by atoms with E-state index in [2.05, 4.69) is 25.7 Å². The van der Waals surface area contributed by atoms with Gasteiger partial charge in [-0.05, 0) is 40.2 Å². The molecule has 0 aliphatic carbocycles. The van der Waals surface area contributed by atoms with Crippen LogP contribution in [-0.2, 0) is 4.79 Å². The number of aliphatic carboxylic acids is 1. The van der Waals surface area contributed by atoms with Crippen molar-refractivity contribution in [3.8, 4) is 0 Å². The predicted octanol–water partition coefficient (Wildman–Crippen LogP) is 3.14. The van der Waals surface area contributed by atoms with Gasteiger partial charge in [0.05, 0.1) is 0 Å². The van der Waals surface area contributed by atoms with Gasteiger partial charge in [-0.1, -0.05) is 26.7 Å².